The van der Waals surface area contributed by atoms with Crippen molar-refractivity contribution in [3.63, 3.8) is 0 Å². The molecule has 0 radical (unpaired) electrons. The van der Waals surface area contributed by atoms with Gasteiger partial charge in [-0.25, -0.2) is 4.79 Å². The molecule has 2 aromatic carbocycles. The van der Waals surface area contributed by atoms with Crippen LogP contribution in [0.25, 0.3) is 0 Å². The van der Waals surface area contributed by atoms with Crippen LogP contribution in [0.2, 0.25) is 0 Å². The molecule has 0 N–H and O–H groups in total. The summed E-state index contributed by atoms with van der Waals surface area (Å²) in [5, 5.41) is 0.510. The van der Waals surface area contributed by atoms with Gasteiger partial charge in [0.25, 0.3) is 11.8 Å². The second-order valence-corrected chi connectivity index (χ2v) is 5.69. The minimum atomic E-state index is -0.714. The number of ether oxygens (including phenoxy) is 2. The zero-order valence-electron chi connectivity index (χ0n) is 13.2. The van der Waals surface area contributed by atoms with Crippen molar-refractivity contribution in [3.8, 4) is 11.5 Å². The highest BCUT2D eigenvalue weighted by Gasteiger charge is 2.39. The van der Waals surface area contributed by atoms with E-state index in [4.69, 9.17) is 14.3 Å². The van der Waals surface area contributed by atoms with Crippen molar-refractivity contribution in [2.24, 2.45) is 0 Å². The lowest BCUT2D eigenvalue weighted by atomic mass is 10.0. The highest BCUT2D eigenvalue weighted by molar-refractivity contribution is 6.20. The van der Waals surface area contributed by atoms with Crippen LogP contribution in [-0.4, -0.2) is 29.6 Å². The van der Waals surface area contributed by atoms with Crippen molar-refractivity contribution < 1.29 is 28.7 Å². The lowest BCUT2D eigenvalue weighted by Gasteiger charge is -2.16. The van der Waals surface area contributed by atoms with Crippen LogP contribution >= 0.6 is 0 Å². The molecule has 25 heavy (non-hydrogen) atoms. The Morgan fingerprint density at radius 1 is 1.04 bits per heavy atom. The number of carbonyl (C=O) groups excluding carboxylic acids is 3. The molecule has 0 spiro atoms. The Morgan fingerprint density at radius 3 is 2.36 bits per heavy atom. The molecule has 2 aromatic rings. The summed E-state index contributed by atoms with van der Waals surface area (Å²) >= 11 is 0. The predicted octanol–water partition coefficient (Wildman–Crippen LogP) is 2.27. The van der Waals surface area contributed by atoms with Gasteiger partial charge >= 0.3 is 5.97 Å². The topological polar surface area (TPSA) is 82.1 Å². The summed E-state index contributed by atoms with van der Waals surface area (Å²) < 4.78 is 10.5. The van der Waals surface area contributed by atoms with Crippen LogP contribution in [0.5, 0.6) is 11.5 Å². The van der Waals surface area contributed by atoms with Crippen LogP contribution in [0, 0.1) is 0 Å². The van der Waals surface area contributed by atoms with Crippen LogP contribution < -0.4 is 9.47 Å². The average Bonchev–Trinajstić information content (AvgIpc) is 3.19. The second-order valence-electron chi connectivity index (χ2n) is 5.69. The van der Waals surface area contributed by atoms with E-state index in [1.165, 1.54) is 12.1 Å². The van der Waals surface area contributed by atoms with E-state index in [9.17, 15) is 14.4 Å². The van der Waals surface area contributed by atoms with E-state index < -0.39 is 23.7 Å². The van der Waals surface area contributed by atoms with Gasteiger partial charge in [0.15, 0.2) is 11.5 Å². The maximum Gasteiger partial charge on any atom is 0.340 e. The molecular weight excluding hydrogens is 326 g/mol. The highest BCUT2D eigenvalue weighted by Crippen LogP contribution is 2.35. The second kappa shape index (κ2) is 5.62. The van der Waals surface area contributed by atoms with E-state index in [1.807, 2.05) is 0 Å². The first-order valence-electron chi connectivity index (χ1n) is 7.65. The van der Waals surface area contributed by atoms with Gasteiger partial charge in [0.1, 0.15) is 0 Å². The Labute approximate surface area is 142 Å². The minimum Gasteiger partial charge on any atom is -0.454 e. The fourth-order valence-electron chi connectivity index (χ4n) is 2.74. The molecule has 0 saturated heterocycles. The summed E-state index contributed by atoms with van der Waals surface area (Å²) in [7, 11) is 0. The quantitative estimate of drug-likeness (QED) is 0.798. The third kappa shape index (κ3) is 2.40. The number of benzene rings is 2. The zero-order chi connectivity index (χ0) is 17.6. The molecule has 1 unspecified atom stereocenters. The van der Waals surface area contributed by atoms with Crippen LogP contribution in [0.4, 0.5) is 0 Å². The number of hydroxylamine groups is 2. The van der Waals surface area contributed by atoms with E-state index in [1.54, 1.807) is 37.3 Å². The van der Waals surface area contributed by atoms with E-state index in [2.05, 4.69) is 0 Å². The first-order valence-corrected chi connectivity index (χ1v) is 7.65. The third-order valence-electron chi connectivity index (χ3n) is 4.19. The lowest BCUT2D eigenvalue weighted by molar-refractivity contribution is -0.170. The van der Waals surface area contributed by atoms with Crippen molar-refractivity contribution in [3.05, 3.63) is 59.2 Å². The molecule has 2 amide bonds. The molecule has 2 aliphatic rings. The maximum absolute atomic E-state index is 12.4. The number of hydrogen-bond donors (Lipinski definition) is 0. The highest BCUT2D eigenvalue weighted by atomic mass is 16.7. The summed E-state index contributed by atoms with van der Waals surface area (Å²) in [6, 6.07) is 11.4. The van der Waals surface area contributed by atoms with Crippen molar-refractivity contribution in [2.75, 3.05) is 6.79 Å². The van der Waals surface area contributed by atoms with E-state index >= 15 is 0 Å². The Bertz CT molecular complexity index is 871. The molecule has 4 rings (SSSR count). The van der Waals surface area contributed by atoms with Crippen LogP contribution in [0.1, 0.15) is 39.1 Å². The summed E-state index contributed by atoms with van der Waals surface area (Å²) in [5.74, 6) is -1.56. The van der Waals surface area contributed by atoms with Gasteiger partial charge < -0.3 is 14.3 Å². The van der Waals surface area contributed by atoms with Crippen LogP contribution in [0.3, 0.4) is 0 Å². The number of imide groups is 1. The minimum absolute atomic E-state index is 0.132. The van der Waals surface area contributed by atoms with Crippen molar-refractivity contribution >= 4 is 17.8 Å². The molecule has 1 atom stereocenters. The van der Waals surface area contributed by atoms with Gasteiger partial charge in [0.05, 0.1) is 17.0 Å². The largest absolute Gasteiger partial charge is 0.454 e. The summed E-state index contributed by atoms with van der Waals surface area (Å²) in [6.45, 7) is 1.75. The first kappa shape index (κ1) is 15.2. The maximum atomic E-state index is 12.4. The molecular formula is C18H13NO6. The van der Waals surface area contributed by atoms with Gasteiger partial charge in [-0.3, -0.25) is 9.59 Å². The Morgan fingerprint density at radius 2 is 1.68 bits per heavy atom. The van der Waals surface area contributed by atoms with E-state index in [0.29, 0.717) is 22.1 Å². The number of hydrogen-bond acceptors (Lipinski definition) is 6. The summed E-state index contributed by atoms with van der Waals surface area (Å²) in [4.78, 5) is 42.0. The average molecular weight is 339 g/mol. The molecule has 7 heteroatoms. The van der Waals surface area contributed by atoms with Crippen molar-refractivity contribution in [1.82, 2.24) is 5.06 Å². The first-order chi connectivity index (χ1) is 12.1. The summed E-state index contributed by atoms with van der Waals surface area (Å²) in [5.41, 5.74) is 1.07. The predicted molar refractivity (Wildman–Crippen MR) is 84.0 cm³/mol. The van der Waals surface area contributed by atoms with Gasteiger partial charge in [-0.1, -0.05) is 23.3 Å². The Balaban J connectivity index is 1.53. The smallest absolute Gasteiger partial charge is 0.340 e. The molecule has 2 heterocycles. The number of amides is 2. The van der Waals surface area contributed by atoms with Crippen molar-refractivity contribution in [2.45, 2.75) is 12.8 Å². The van der Waals surface area contributed by atoms with E-state index in [-0.39, 0.29) is 17.9 Å². The molecule has 0 aromatic heterocycles. The van der Waals surface area contributed by atoms with Crippen molar-refractivity contribution in [1.29, 1.82) is 0 Å². The zero-order valence-corrected chi connectivity index (χ0v) is 13.2. The fourth-order valence-corrected chi connectivity index (χ4v) is 2.74. The molecule has 0 saturated carbocycles. The van der Waals surface area contributed by atoms with Gasteiger partial charge in [-0.05, 0) is 36.8 Å². The Kier molecular flexibility index (Phi) is 3.42. The number of nitrogens with zero attached hydrogens (tertiary/aromatic N) is 1. The SMILES string of the molecule is CC(C(=O)ON1C(=O)c2ccccc2C1=O)c1ccc2c(c1)OCO2. The van der Waals surface area contributed by atoms with Gasteiger partial charge in [0, 0.05) is 0 Å². The standard InChI is InChI=1S/C18H13NO6/c1-10(11-6-7-14-15(8-11)24-9-23-14)18(22)25-19-16(20)12-4-2-3-5-13(12)17(19)21/h2-8,10H,9H2,1H3. The third-order valence-corrected chi connectivity index (χ3v) is 4.19. The molecule has 126 valence electrons. The normalized spacial score (nSPS) is 16.0. The van der Waals surface area contributed by atoms with Gasteiger partial charge in [0.2, 0.25) is 6.79 Å². The van der Waals surface area contributed by atoms with Gasteiger partial charge in [-0.15, -0.1) is 0 Å². The molecule has 0 fully saturated rings. The monoisotopic (exact) mass is 339 g/mol. The fraction of sp³-hybridized carbons (Fsp3) is 0.167. The molecule has 2 aliphatic heterocycles. The molecule has 0 bridgehead atoms. The van der Waals surface area contributed by atoms with Gasteiger partial charge in [-0.2, -0.15) is 0 Å². The molecule has 0 aliphatic carbocycles. The van der Waals surface area contributed by atoms with Crippen LogP contribution in [0.15, 0.2) is 42.5 Å². The Hall–Kier alpha value is -3.35. The number of fused-ring (bicyclic) bond motifs is 2. The van der Waals surface area contributed by atoms with Crippen LogP contribution in [-0.2, 0) is 9.63 Å². The van der Waals surface area contributed by atoms with E-state index in [0.717, 1.165) is 0 Å². The lowest BCUT2D eigenvalue weighted by Crippen LogP contribution is -2.34. The molecule has 7 nitrogen and oxygen atoms in total. The summed E-state index contributed by atoms with van der Waals surface area (Å²) in [6.07, 6.45) is 0. The number of rotatable bonds is 3. The number of carbonyl (C=O) groups is 3.